The van der Waals surface area contributed by atoms with Gasteiger partial charge in [-0.25, -0.2) is 15.0 Å². The number of nitrogens with two attached hydrogens (primary N) is 1. The molecule has 0 fully saturated rings. The Bertz CT molecular complexity index is 1210. The first-order valence-electron chi connectivity index (χ1n) is 8.01. The van der Waals surface area contributed by atoms with E-state index in [9.17, 15) is 0 Å². The lowest BCUT2D eigenvalue weighted by Crippen LogP contribution is -2.38. The van der Waals surface area contributed by atoms with Crippen LogP contribution in [-0.4, -0.2) is 34.9 Å². The van der Waals surface area contributed by atoms with Crippen molar-refractivity contribution in [1.82, 2.24) is 34.9 Å². The predicted molar refractivity (Wildman–Crippen MR) is 91.2 cm³/mol. The number of fused-ring (bicyclic) bond motifs is 2. The molecular formula is C16H14N9O+. The Morgan fingerprint density at radius 1 is 1.08 bits per heavy atom. The Kier molecular flexibility index (Phi) is 3.14. The first kappa shape index (κ1) is 14.5. The maximum atomic E-state index is 5.91. The monoisotopic (exact) mass is 348 g/mol. The quantitative estimate of drug-likeness (QED) is 0.409. The van der Waals surface area contributed by atoms with Crippen LogP contribution in [-0.2, 0) is 12.8 Å². The lowest BCUT2D eigenvalue weighted by Gasteiger charge is -2.05. The minimum absolute atomic E-state index is 0.349. The Hall–Kier alpha value is -3.82. The summed E-state index contributed by atoms with van der Waals surface area (Å²) < 4.78 is 7.31. The van der Waals surface area contributed by atoms with Gasteiger partial charge in [0.15, 0.2) is 11.3 Å². The van der Waals surface area contributed by atoms with Crippen molar-refractivity contribution in [3.05, 3.63) is 48.8 Å². The second kappa shape index (κ2) is 5.62. The summed E-state index contributed by atoms with van der Waals surface area (Å²) in [6.45, 7) is 0. The van der Waals surface area contributed by atoms with Gasteiger partial charge in [0.25, 0.3) is 5.65 Å². The SMILES string of the molecule is Nc1ncnc2nc(-[n+]3cnc4nc[nH]c4c3CCc3ccco3)[nH]c12. The number of nitrogens with one attached hydrogen (secondary N) is 2. The zero-order valence-corrected chi connectivity index (χ0v) is 13.5. The molecule has 10 heteroatoms. The molecule has 0 saturated carbocycles. The number of imidazole rings is 2. The van der Waals surface area contributed by atoms with Gasteiger partial charge in [0.05, 0.1) is 12.6 Å². The van der Waals surface area contributed by atoms with E-state index in [1.54, 1.807) is 18.9 Å². The van der Waals surface area contributed by atoms with Crippen LogP contribution >= 0.6 is 0 Å². The number of aryl methyl sites for hydroxylation is 2. The first-order valence-corrected chi connectivity index (χ1v) is 8.01. The first-order chi connectivity index (χ1) is 12.8. The Morgan fingerprint density at radius 2 is 2.04 bits per heavy atom. The number of aromatic nitrogens is 8. The average molecular weight is 348 g/mol. The summed E-state index contributed by atoms with van der Waals surface area (Å²) in [7, 11) is 0. The average Bonchev–Trinajstić information content (AvgIpc) is 3.39. The molecule has 0 aliphatic heterocycles. The van der Waals surface area contributed by atoms with Crippen molar-refractivity contribution >= 4 is 28.1 Å². The van der Waals surface area contributed by atoms with Crippen molar-refractivity contribution in [2.75, 3.05) is 5.73 Å². The third kappa shape index (κ3) is 2.27. The van der Waals surface area contributed by atoms with Crippen LogP contribution in [0.1, 0.15) is 11.5 Å². The van der Waals surface area contributed by atoms with Crippen LogP contribution in [0.4, 0.5) is 5.82 Å². The largest absolute Gasteiger partial charge is 0.469 e. The van der Waals surface area contributed by atoms with Crippen LogP contribution in [0.2, 0.25) is 0 Å². The number of nitrogen functional groups attached to an aromatic ring is 1. The summed E-state index contributed by atoms with van der Waals surface area (Å²) in [5.74, 6) is 1.81. The predicted octanol–water partition coefficient (Wildman–Crippen LogP) is 0.861. The van der Waals surface area contributed by atoms with Gasteiger partial charge in [0.1, 0.15) is 23.3 Å². The van der Waals surface area contributed by atoms with E-state index in [0.717, 1.165) is 23.4 Å². The highest BCUT2D eigenvalue weighted by Crippen LogP contribution is 2.16. The number of nitrogens with zero attached hydrogens (tertiary/aromatic N) is 6. The fraction of sp³-hybridized carbons (Fsp3) is 0.125. The Morgan fingerprint density at radius 3 is 2.88 bits per heavy atom. The minimum Gasteiger partial charge on any atom is -0.469 e. The number of hydrogen-bond donors (Lipinski definition) is 3. The number of hydrogen-bond acceptors (Lipinski definition) is 7. The fourth-order valence-corrected chi connectivity index (χ4v) is 2.97. The van der Waals surface area contributed by atoms with E-state index in [1.165, 1.54) is 6.33 Å². The lowest BCUT2D eigenvalue weighted by atomic mass is 10.2. The van der Waals surface area contributed by atoms with Crippen molar-refractivity contribution in [1.29, 1.82) is 0 Å². The molecule has 0 bridgehead atoms. The Labute approximate surface area is 146 Å². The summed E-state index contributed by atoms with van der Waals surface area (Å²) in [4.78, 5) is 27.6. The normalized spacial score (nSPS) is 11.5. The second-order valence-corrected chi connectivity index (χ2v) is 5.76. The highest BCUT2D eigenvalue weighted by molar-refractivity contribution is 5.81. The third-order valence-corrected chi connectivity index (χ3v) is 4.22. The highest BCUT2D eigenvalue weighted by atomic mass is 16.3. The smallest absolute Gasteiger partial charge is 0.359 e. The molecule has 0 spiro atoms. The van der Waals surface area contributed by atoms with Gasteiger partial charge in [-0.1, -0.05) is 4.98 Å². The molecule has 0 radical (unpaired) electrons. The molecule has 0 unspecified atom stereocenters. The molecule has 5 heterocycles. The van der Waals surface area contributed by atoms with E-state index >= 15 is 0 Å². The van der Waals surface area contributed by atoms with Crippen LogP contribution in [0.25, 0.3) is 28.3 Å². The number of furan rings is 1. The van der Waals surface area contributed by atoms with Gasteiger partial charge < -0.3 is 15.1 Å². The van der Waals surface area contributed by atoms with E-state index in [2.05, 4.69) is 34.9 Å². The second-order valence-electron chi connectivity index (χ2n) is 5.76. The van der Waals surface area contributed by atoms with Gasteiger partial charge in [0, 0.05) is 12.8 Å². The van der Waals surface area contributed by atoms with Crippen LogP contribution in [0.15, 0.2) is 41.8 Å². The standard InChI is InChI=1S/C16H13N9O/c17-13-12-15(21-7-19-13)24-16(23-12)25-8-22-14-11(18-6-20-14)10(25)4-3-9-2-1-5-26-9/h1-2,5-8H,3-4H2,(H3,17,19,21,23,24)/p+1. The zero-order valence-electron chi connectivity index (χ0n) is 13.5. The number of H-pyrrole nitrogens is 2. The molecule has 0 aliphatic carbocycles. The summed E-state index contributed by atoms with van der Waals surface area (Å²) in [5, 5.41) is 0. The Balaban J connectivity index is 1.65. The van der Waals surface area contributed by atoms with Gasteiger partial charge in [-0.05, 0) is 12.1 Å². The molecule has 10 nitrogen and oxygen atoms in total. The van der Waals surface area contributed by atoms with Gasteiger partial charge in [-0.15, -0.1) is 4.98 Å². The summed E-state index contributed by atoms with van der Waals surface area (Å²) >= 11 is 0. The molecule has 5 aromatic rings. The van der Waals surface area contributed by atoms with E-state index in [4.69, 9.17) is 10.2 Å². The molecule has 0 amide bonds. The minimum atomic E-state index is 0.349. The summed E-state index contributed by atoms with van der Waals surface area (Å²) in [5.41, 5.74) is 9.46. The maximum Gasteiger partial charge on any atom is 0.359 e. The van der Waals surface area contributed by atoms with Crippen molar-refractivity contribution < 1.29 is 8.98 Å². The van der Waals surface area contributed by atoms with Crippen molar-refractivity contribution in [3.63, 3.8) is 0 Å². The van der Waals surface area contributed by atoms with Gasteiger partial charge >= 0.3 is 5.95 Å². The van der Waals surface area contributed by atoms with Crippen LogP contribution < -0.4 is 10.3 Å². The van der Waals surface area contributed by atoms with Crippen molar-refractivity contribution in [2.45, 2.75) is 12.8 Å². The topological polar surface area (TPSA) is 139 Å². The van der Waals surface area contributed by atoms with E-state index < -0.39 is 0 Å². The van der Waals surface area contributed by atoms with E-state index in [1.807, 2.05) is 16.7 Å². The number of aromatic amines is 2. The van der Waals surface area contributed by atoms with Crippen LogP contribution in [0.5, 0.6) is 0 Å². The van der Waals surface area contributed by atoms with Crippen LogP contribution in [0, 0.1) is 0 Å². The van der Waals surface area contributed by atoms with Gasteiger partial charge in [0.2, 0.25) is 12.0 Å². The van der Waals surface area contributed by atoms with Crippen molar-refractivity contribution in [3.8, 4) is 5.95 Å². The summed E-state index contributed by atoms with van der Waals surface area (Å²) in [6.07, 6.45) is 7.80. The van der Waals surface area contributed by atoms with Gasteiger partial charge in [-0.2, -0.15) is 4.57 Å². The molecule has 5 aromatic heterocycles. The van der Waals surface area contributed by atoms with E-state index in [-0.39, 0.29) is 0 Å². The van der Waals surface area contributed by atoms with E-state index in [0.29, 0.717) is 35.0 Å². The lowest BCUT2D eigenvalue weighted by molar-refractivity contribution is -0.613. The molecular weight excluding hydrogens is 334 g/mol. The van der Waals surface area contributed by atoms with Gasteiger partial charge in [-0.3, -0.25) is 4.98 Å². The molecule has 5 rings (SSSR count). The van der Waals surface area contributed by atoms with Crippen molar-refractivity contribution in [2.24, 2.45) is 0 Å². The highest BCUT2D eigenvalue weighted by Gasteiger charge is 2.21. The third-order valence-electron chi connectivity index (χ3n) is 4.22. The van der Waals surface area contributed by atoms with Crippen LogP contribution in [0.3, 0.4) is 0 Å². The fourth-order valence-electron chi connectivity index (χ4n) is 2.97. The zero-order chi connectivity index (χ0) is 17.5. The molecule has 0 aromatic carbocycles. The molecule has 26 heavy (non-hydrogen) atoms. The molecule has 128 valence electrons. The molecule has 4 N–H and O–H groups in total. The molecule has 0 saturated heterocycles. The molecule has 0 atom stereocenters. The number of rotatable bonds is 4. The maximum absolute atomic E-state index is 5.91. The summed E-state index contributed by atoms with van der Waals surface area (Å²) in [6, 6.07) is 3.83. The molecule has 0 aliphatic rings. The number of anilines is 1.